The van der Waals surface area contributed by atoms with Crippen molar-refractivity contribution in [3.05, 3.63) is 54.7 Å². The molecule has 0 saturated carbocycles. The number of piperidine rings is 1. The predicted molar refractivity (Wildman–Crippen MR) is 87.8 cm³/mol. The number of rotatable bonds is 3. The summed E-state index contributed by atoms with van der Waals surface area (Å²) < 4.78 is 11.5. The number of fused-ring (bicyclic) bond motifs is 1. The number of hydrogen-bond acceptors (Lipinski definition) is 5. The minimum atomic E-state index is -0.0633. The van der Waals surface area contributed by atoms with Gasteiger partial charge in [-0.25, -0.2) is 9.97 Å². The van der Waals surface area contributed by atoms with Gasteiger partial charge in [0.05, 0.1) is 0 Å². The Morgan fingerprint density at radius 2 is 2.04 bits per heavy atom. The zero-order chi connectivity index (χ0) is 16.4. The van der Waals surface area contributed by atoms with Gasteiger partial charge in [0, 0.05) is 43.6 Å². The van der Waals surface area contributed by atoms with E-state index in [1.807, 2.05) is 29.2 Å². The van der Waals surface area contributed by atoms with Crippen molar-refractivity contribution < 1.29 is 13.9 Å². The van der Waals surface area contributed by atoms with Crippen LogP contribution in [0.2, 0.25) is 0 Å². The first-order chi connectivity index (χ1) is 11.8. The minimum absolute atomic E-state index is 0.0633. The van der Waals surface area contributed by atoms with Crippen LogP contribution < -0.4 is 4.74 Å². The molecule has 1 aliphatic rings. The average molecular weight is 323 g/mol. The number of nitrogens with zero attached hydrogens (tertiary/aromatic N) is 3. The first kappa shape index (κ1) is 14.7. The highest BCUT2D eigenvalue weighted by Gasteiger charge is 2.26. The monoisotopic (exact) mass is 323 g/mol. The molecule has 1 fully saturated rings. The van der Waals surface area contributed by atoms with E-state index in [-0.39, 0.29) is 12.0 Å². The molecule has 6 nitrogen and oxygen atoms in total. The molecule has 3 aromatic rings. The molecule has 1 saturated heterocycles. The summed E-state index contributed by atoms with van der Waals surface area (Å²) in [6, 6.07) is 11.2. The van der Waals surface area contributed by atoms with Gasteiger partial charge < -0.3 is 14.1 Å². The highest BCUT2D eigenvalue weighted by molar-refractivity contribution is 5.96. The lowest BCUT2D eigenvalue weighted by molar-refractivity contribution is 0.0561. The molecule has 2 aromatic heterocycles. The Bertz CT molecular complexity index is 806. The number of carbonyl (C=O) groups excluding carboxylic acids is 1. The number of aromatic nitrogens is 2. The van der Waals surface area contributed by atoms with Crippen LogP contribution in [-0.4, -0.2) is 40.0 Å². The molecule has 24 heavy (non-hydrogen) atoms. The third-order valence-electron chi connectivity index (χ3n) is 4.21. The van der Waals surface area contributed by atoms with Crippen LogP contribution in [0, 0.1) is 0 Å². The molecule has 1 amide bonds. The fraction of sp³-hybridized carbons (Fsp3) is 0.278. The summed E-state index contributed by atoms with van der Waals surface area (Å²) in [6.45, 7) is 1.29. The second-order valence-electron chi connectivity index (χ2n) is 5.81. The largest absolute Gasteiger partial charge is 0.474 e. The van der Waals surface area contributed by atoms with Crippen LogP contribution in [-0.2, 0) is 0 Å². The van der Waals surface area contributed by atoms with Gasteiger partial charge in [0.15, 0.2) is 5.76 Å². The van der Waals surface area contributed by atoms with Crippen LogP contribution in [0.15, 0.2) is 53.3 Å². The van der Waals surface area contributed by atoms with E-state index in [1.54, 1.807) is 18.3 Å². The van der Waals surface area contributed by atoms with E-state index in [0.29, 0.717) is 24.7 Å². The quantitative estimate of drug-likeness (QED) is 0.741. The highest BCUT2D eigenvalue weighted by atomic mass is 16.5. The van der Waals surface area contributed by atoms with E-state index in [9.17, 15) is 4.79 Å². The van der Waals surface area contributed by atoms with Crippen LogP contribution in [0.3, 0.4) is 0 Å². The number of hydrogen-bond donors (Lipinski definition) is 0. The molecule has 0 bridgehead atoms. The number of furan rings is 1. The summed E-state index contributed by atoms with van der Waals surface area (Å²) in [5, 5.41) is 0.947. The van der Waals surface area contributed by atoms with Crippen LogP contribution >= 0.6 is 0 Å². The standard InChI is InChI=1S/C18H17N3O3/c22-18(16-11-13-3-1-2-4-15(13)24-16)21-9-6-14(7-10-21)23-17-5-8-19-12-20-17/h1-5,8,11-12,14H,6-7,9-10H2. The number of benzene rings is 1. The van der Waals surface area contributed by atoms with Gasteiger partial charge in [0.25, 0.3) is 5.91 Å². The summed E-state index contributed by atoms with van der Waals surface area (Å²) in [4.78, 5) is 22.4. The minimum Gasteiger partial charge on any atom is -0.474 e. The Hall–Kier alpha value is -2.89. The molecule has 0 unspecified atom stereocenters. The topological polar surface area (TPSA) is 68.5 Å². The lowest BCUT2D eigenvalue weighted by atomic mass is 10.1. The first-order valence-electron chi connectivity index (χ1n) is 8.00. The number of ether oxygens (including phenoxy) is 1. The molecule has 0 atom stereocenters. The van der Waals surface area contributed by atoms with Crippen molar-refractivity contribution >= 4 is 16.9 Å². The van der Waals surface area contributed by atoms with E-state index in [4.69, 9.17) is 9.15 Å². The first-order valence-corrected chi connectivity index (χ1v) is 8.00. The van der Waals surface area contributed by atoms with Crippen molar-refractivity contribution in [1.29, 1.82) is 0 Å². The van der Waals surface area contributed by atoms with Gasteiger partial charge in [-0.15, -0.1) is 0 Å². The lowest BCUT2D eigenvalue weighted by Crippen LogP contribution is -2.41. The molecule has 4 rings (SSSR count). The van der Waals surface area contributed by atoms with Crippen molar-refractivity contribution in [1.82, 2.24) is 14.9 Å². The van der Waals surface area contributed by atoms with E-state index in [2.05, 4.69) is 9.97 Å². The van der Waals surface area contributed by atoms with Gasteiger partial charge in [0.2, 0.25) is 5.88 Å². The molecule has 0 aliphatic carbocycles. The van der Waals surface area contributed by atoms with Crippen molar-refractivity contribution in [2.75, 3.05) is 13.1 Å². The molecule has 6 heteroatoms. The number of carbonyl (C=O) groups is 1. The fourth-order valence-corrected chi connectivity index (χ4v) is 2.94. The molecule has 0 spiro atoms. The zero-order valence-electron chi connectivity index (χ0n) is 13.1. The number of amides is 1. The average Bonchev–Trinajstić information content (AvgIpc) is 3.07. The Labute approximate surface area is 139 Å². The van der Waals surface area contributed by atoms with E-state index in [1.165, 1.54) is 6.33 Å². The van der Waals surface area contributed by atoms with Crippen LogP contribution in [0.4, 0.5) is 0 Å². The van der Waals surface area contributed by atoms with Crippen molar-refractivity contribution in [3.8, 4) is 5.88 Å². The van der Waals surface area contributed by atoms with Crippen LogP contribution in [0.5, 0.6) is 5.88 Å². The second-order valence-corrected chi connectivity index (χ2v) is 5.81. The Morgan fingerprint density at radius 1 is 1.21 bits per heavy atom. The lowest BCUT2D eigenvalue weighted by Gasteiger charge is -2.31. The summed E-state index contributed by atoms with van der Waals surface area (Å²) in [5.41, 5.74) is 0.739. The molecule has 1 aliphatic heterocycles. The summed E-state index contributed by atoms with van der Waals surface area (Å²) in [6.07, 6.45) is 4.74. The molecule has 0 N–H and O–H groups in total. The smallest absolute Gasteiger partial charge is 0.289 e. The van der Waals surface area contributed by atoms with Gasteiger partial charge in [-0.05, 0) is 12.1 Å². The van der Waals surface area contributed by atoms with E-state index >= 15 is 0 Å². The zero-order valence-corrected chi connectivity index (χ0v) is 13.1. The molecule has 122 valence electrons. The summed E-state index contributed by atoms with van der Waals surface area (Å²) in [7, 11) is 0. The maximum Gasteiger partial charge on any atom is 0.289 e. The van der Waals surface area contributed by atoms with Gasteiger partial charge in [0.1, 0.15) is 18.0 Å². The van der Waals surface area contributed by atoms with Crippen molar-refractivity contribution in [2.24, 2.45) is 0 Å². The maximum atomic E-state index is 12.6. The van der Waals surface area contributed by atoms with Gasteiger partial charge in [-0.3, -0.25) is 4.79 Å². The molecule has 3 heterocycles. The normalized spacial score (nSPS) is 15.6. The Morgan fingerprint density at radius 3 is 2.79 bits per heavy atom. The molecular formula is C18H17N3O3. The Kier molecular flexibility index (Phi) is 3.86. The second kappa shape index (κ2) is 6.31. The highest BCUT2D eigenvalue weighted by Crippen LogP contribution is 2.22. The maximum absolute atomic E-state index is 12.6. The molecular weight excluding hydrogens is 306 g/mol. The van der Waals surface area contributed by atoms with Gasteiger partial charge in [-0.1, -0.05) is 18.2 Å². The van der Waals surface area contributed by atoms with Crippen molar-refractivity contribution in [3.63, 3.8) is 0 Å². The number of para-hydroxylation sites is 1. The van der Waals surface area contributed by atoms with Crippen LogP contribution in [0.1, 0.15) is 23.4 Å². The van der Waals surface area contributed by atoms with Crippen LogP contribution in [0.25, 0.3) is 11.0 Å². The third kappa shape index (κ3) is 2.95. The van der Waals surface area contributed by atoms with Crippen molar-refractivity contribution in [2.45, 2.75) is 18.9 Å². The molecule has 1 aromatic carbocycles. The van der Waals surface area contributed by atoms with Gasteiger partial charge >= 0.3 is 0 Å². The SMILES string of the molecule is O=C(c1cc2ccccc2o1)N1CCC(Oc2ccncn2)CC1. The summed E-state index contributed by atoms with van der Waals surface area (Å²) in [5.74, 6) is 0.908. The fourth-order valence-electron chi connectivity index (χ4n) is 2.94. The van der Waals surface area contributed by atoms with Gasteiger partial charge in [-0.2, -0.15) is 0 Å². The van der Waals surface area contributed by atoms with E-state index < -0.39 is 0 Å². The third-order valence-corrected chi connectivity index (χ3v) is 4.21. The Balaban J connectivity index is 1.39. The summed E-state index contributed by atoms with van der Waals surface area (Å²) >= 11 is 0. The predicted octanol–water partition coefficient (Wildman–Crippen LogP) is 2.91. The number of likely N-dealkylation sites (tertiary alicyclic amines) is 1. The van der Waals surface area contributed by atoms with E-state index in [0.717, 1.165) is 23.8 Å². The molecule has 0 radical (unpaired) electrons.